The monoisotopic (exact) mass is 284 g/mol. The van der Waals surface area contributed by atoms with Gasteiger partial charge in [0, 0.05) is 13.1 Å². The molecule has 1 saturated heterocycles. The summed E-state index contributed by atoms with van der Waals surface area (Å²) >= 11 is 0. The van der Waals surface area contributed by atoms with Crippen LogP contribution >= 0.6 is 0 Å². The average Bonchev–Trinajstić information content (AvgIpc) is 2.40. The molecule has 5 nitrogen and oxygen atoms in total. The van der Waals surface area contributed by atoms with Crippen molar-refractivity contribution in [3.05, 3.63) is 29.8 Å². The summed E-state index contributed by atoms with van der Waals surface area (Å²) in [6.07, 6.45) is 0.703. The van der Waals surface area contributed by atoms with Gasteiger partial charge in [-0.25, -0.2) is 8.42 Å². The Morgan fingerprint density at radius 3 is 2.63 bits per heavy atom. The molecule has 1 heterocycles. The smallest absolute Gasteiger partial charge is 0.243 e. The predicted octanol–water partition coefficient (Wildman–Crippen LogP) is 0.597. The maximum Gasteiger partial charge on any atom is 0.243 e. The van der Waals surface area contributed by atoms with E-state index in [1.807, 2.05) is 19.1 Å². The van der Waals surface area contributed by atoms with Gasteiger partial charge in [-0.3, -0.25) is 0 Å². The van der Waals surface area contributed by atoms with E-state index >= 15 is 0 Å². The van der Waals surface area contributed by atoms with E-state index in [9.17, 15) is 8.42 Å². The zero-order valence-corrected chi connectivity index (χ0v) is 11.9. The van der Waals surface area contributed by atoms with Crippen LogP contribution in [0.4, 0.5) is 0 Å². The molecule has 1 fully saturated rings. The van der Waals surface area contributed by atoms with Gasteiger partial charge in [0.1, 0.15) is 0 Å². The lowest BCUT2D eigenvalue weighted by molar-refractivity contribution is 0.0102. The molecule has 1 aliphatic heterocycles. The molecule has 1 aromatic rings. The molecule has 1 unspecified atom stereocenters. The van der Waals surface area contributed by atoms with E-state index in [0.29, 0.717) is 31.1 Å². The van der Waals surface area contributed by atoms with Crippen LogP contribution in [0.2, 0.25) is 0 Å². The Bertz CT molecular complexity index is 513. The Morgan fingerprint density at radius 2 is 2.05 bits per heavy atom. The molecule has 106 valence electrons. The molecule has 1 atom stereocenters. The van der Waals surface area contributed by atoms with Crippen LogP contribution in [0.5, 0.6) is 0 Å². The molecule has 0 spiro atoms. The summed E-state index contributed by atoms with van der Waals surface area (Å²) in [5.41, 5.74) is 6.53. The van der Waals surface area contributed by atoms with E-state index < -0.39 is 10.0 Å². The van der Waals surface area contributed by atoms with Crippen LogP contribution in [-0.4, -0.2) is 45.1 Å². The van der Waals surface area contributed by atoms with Crippen LogP contribution < -0.4 is 5.73 Å². The van der Waals surface area contributed by atoms with Gasteiger partial charge in [-0.1, -0.05) is 12.1 Å². The molecular weight excluding hydrogens is 264 g/mol. The number of hydrogen-bond donors (Lipinski definition) is 1. The van der Waals surface area contributed by atoms with Crippen LogP contribution in [-0.2, 0) is 21.2 Å². The standard InChI is InChI=1S/C13H20N2O3S/c1-11-10-15(8-9-18-11)19(16,17)13-4-2-12(3-5-13)6-7-14/h2-5,11H,6-10,14H2,1H3. The third-order valence-electron chi connectivity index (χ3n) is 3.20. The second-order valence-corrected chi connectivity index (χ2v) is 6.67. The maximum atomic E-state index is 12.4. The lowest BCUT2D eigenvalue weighted by Crippen LogP contribution is -2.44. The first kappa shape index (κ1) is 14.5. The highest BCUT2D eigenvalue weighted by Crippen LogP contribution is 2.19. The van der Waals surface area contributed by atoms with Gasteiger partial charge in [0.05, 0.1) is 17.6 Å². The van der Waals surface area contributed by atoms with E-state index in [1.165, 1.54) is 4.31 Å². The van der Waals surface area contributed by atoms with Crippen molar-refractivity contribution in [2.24, 2.45) is 5.73 Å². The van der Waals surface area contributed by atoms with Crippen molar-refractivity contribution in [1.29, 1.82) is 0 Å². The van der Waals surface area contributed by atoms with Gasteiger partial charge in [0.25, 0.3) is 0 Å². The van der Waals surface area contributed by atoms with Crippen molar-refractivity contribution >= 4 is 10.0 Å². The summed E-state index contributed by atoms with van der Waals surface area (Å²) in [5.74, 6) is 0. The number of nitrogens with zero attached hydrogens (tertiary/aromatic N) is 1. The quantitative estimate of drug-likeness (QED) is 0.878. The minimum absolute atomic E-state index is 0.0555. The molecule has 0 bridgehead atoms. The Morgan fingerprint density at radius 1 is 1.37 bits per heavy atom. The SMILES string of the molecule is CC1CN(S(=O)(=O)c2ccc(CCN)cc2)CCO1. The fourth-order valence-electron chi connectivity index (χ4n) is 2.15. The number of ether oxygens (including phenoxy) is 1. The molecule has 2 N–H and O–H groups in total. The first-order valence-electron chi connectivity index (χ1n) is 6.45. The van der Waals surface area contributed by atoms with Gasteiger partial charge >= 0.3 is 0 Å². The molecule has 1 aliphatic rings. The summed E-state index contributed by atoms with van der Waals surface area (Å²) in [5, 5.41) is 0. The van der Waals surface area contributed by atoms with Crippen molar-refractivity contribution in [3.63, 3.8) is 0 Å². The van der Waals surface area contributed by atoms with Gasteiger partial charge in [-0.2, -0.15) is 4.31 Å². The van der Waals surface area contributed by atoms with E-state index in [1.54, 1.807) is 12.1 Å². The summed E-state index contributed by atoms with van der Waals surface area (Å²) in [6, 6.07) is 6.95. The van der Waals surface area contributed by atoms with Crippen LogP contribution in [0.3, 0.4) is 0 Å². The molecular formula is C13H20N2O3S. The summed E-state index contributed by atoms with van der Waals surface area (Å²) in [7, 11) is -3.40. The van der Waals surface area contributed by atoms with Gasteiger partial charge in [0.2, 0.25) is 10.0 Å². The fraction of sp³-hybridized carbons (Fsp3) is 0.538. The zero-order chi connectivity index (χ0) is 13.9. The minimum Gasteiger partial charge on any atom is -0.376 e. The predicted molar refractivity (Wildman–Crippen MR) is 73.4 cm³/mol. The molecule has 2 rings (SSSR count). The molecule has 0 radical (unpaired) electrons. The summed E-state index contributed by atoms with van der Waals surface area (Å²) in [6.45, 7) is 3.72. The van der Waals surface area contributed by atoms with Crippen molar-refractivity contribution in [1.82, 2.24) is 4.31 Å². The molecule has 19 heavy (non-hydrogen) atoms. The zero-order valence-electron chi connectivity index (χ0n) is 11.1. The Hall–Kier alpha value is -0.950. The highest BCUT2D eigenvalue weighted by Gasteiger charge is 2.28. The van der Waals surface area contributed by atoms with Gasteiger partial charge in [-0.05, 0) is 37.6 Å². The van der Waals surface area contributed by atoms with E-state index in [-0.39, 0.29) is 6.10 Å². The van der Waals surface area contributed by atoms with E-state index in [2.05, 4.69) is 0 Å². The first-order chi connectivity index (χ1) is 9.04. The topological polar surface area (TPSA) is 72.6 Å². The number of benzene rings is 1. The Labute approximate surface area is 114 Å². The Kier molecular flexibility index (Phi) is 4.57. The molecule has 6 heteroatoms. The highest BCUT2D eigenvalue weighted by molar-refractivity contribution is 7.89. The normalized spacial score (nSPS) is 21.5. The van der Waals surface area contributed by atoms with Crippen LogP contribution in [0.1, 0.15) is 12.5 Å². The first-order valence-corrected chi connectivity index (χ1v) is 7.89. The number of rotatable bonds is 4. The lowest BCUT2D eigenvalue weighted by atomic mass is 10.2. The third-order valence-corrected chi connectivity index (χ3v) is 5.08. The molecule has 0 amide bonds. The average molecular weight is 284 g/mol. The van der Waals surface area contributed by atoms with Crippen LogP contribution in [0, 0.1) is 0 Å². The largest absolute Gasteiger partial charge is 0.376 e. The molecule has 0 aliphatic carbocycles. The van der Waals surface area contributed by atoms with Crippen molar-refractivity contribution in [2.45, 2.75) is 24.3 Å². The van der Waals surface area contributed by atoms with Gasteiger partial charge in [0.15, 0.2) is 0 Å². The lowest BCUT2D eigenvalue weighted by Gasteiger charge is -2.30. The van der Waals surface area contributed by atoms with E-state index in [0.717, 1.165) is 12.0 Å². The molecule has 0 saturated carbocycles. The maximum absolute atomic E-state index is 12.4. The number of nitrogens with two attached hydrogens (primary N) is 1. The molecule has 1 aromatic carbocycles. The number of hydrogen-bond acceptors (Lipinski definition) is 4. The van der Waals surface area contributed by atoms with E-state index in [4.69, 9.17) is 10.5 Å². The second-order valence-electron chi connectivity index (χ2n) is 4.73. The van der Waals surface area contributed by atoms with Crippen LogP contribution in [0.25, 0.3) is 0 Å². The van der Waals surface area contributed by atoms with Crippen molar-refractivity contribution in [3.8, 4) is 0 Å². The molecule has 0 aromatic heterocycles. The van der Waals surface area contributed by atoms with Gasteiger partial charge < -0.3 is 10.5 Å². The summed E-state index contributed by atoms with van der Waals surface area (Å²) < 4.78 is 31.8. The van der Waals surface area contributed by atoms with Gasteiger partial charge in [-0.15, -0.1) is 0 Å². The Balaban J connectivity index is 2.18. The number of sulfonamides is 1. The fourth-order valence-corrected chi connectivity index (χ4v) is 3.65. The summed E-state index contributed by atoms with van der Waals surface area (Å²) in [4.78, 5) is 0.336. The van der Waals surface area contributed by atoms with Crippen molar-refractivity contribution in [2.75, 3.05) is 26.2 Å². The minimum atomic E-state index is -3.40. The second kappa shape index (κ2) is 6.00. The number of morpholine rings is 1. The van der Waals surface area contributed by atoms with Crippen molar-refractivity contribution < 1.29 is 13.2 Å². The van der Waals surface area contributed by atoms with Crippen LogP contribution in [0.15, 0.2) is 29.2 Å². The highest BCUT2D eigenvalue weighted by atomic mass is 32.2. The third kappa shape index (κ3) is 3.33.